The molecule has 3 aromatic carbocycles. The summed E-state index contributed by atoms with van der Waals surface area (Å²) < 4.78 is -0.444. The fourth-order valence-electron chi connectivity index (χ4n) is 11.6. The molecule has 106 heavy (non-hydrogen) atoms. The number of thioether (sulfide) groups is 2. The molecule has 30 heteroatoms. The van der Waals surface area contributed by atoms with E-state index in [1.54, 1.807) is 154 Å². The number of hydrogen-bond acceptors (Lipinski definition) is 18. The van der Waals surface area contributed by atoms with Crippen LogP contribution in [0.3, 0.4) is 0 Å². The SMILES string of the molecule is C=CCN(CC=C)[C@@H](Cc1ccc(O)cc1)C(=O)N[C@H](C)C(=O)NCC(=O)N[C@@H](Cc1ccccc1)C(=O)N[C@@H](CC(C)C)C(=O)N[C@@H](CSC[C@@H](NC(=O)[C@H](CC(C)C)NC(=O)[C@H](Cc1ccccc1)NC(=O)CNC(=O)[C@@H](C)NC(=O)[C@H](CC12C=CC(O)=CC1S2)N(CC=C)CC=C)C(=O)O)C(=O)O. The highest BCUT2D eigenvalue weighted by Crippen LogP contribution is 2.60. The maximum absolute atomic E-state index is 14.3. The number of rotatable bonds is 48. The summed E-state index contributed by atoms with van der Waals surface area (Å²) in [5.41, 5.74) is 1.93. The Labute approximate surface area is 627 Å². The van der Waals surface area contributed by atoms with Crippen LogP contribution in [0.4, 0.5) is 0 Å². The number of aliphatic hydroxyl groups excluding tert-OH is 1. The smallest absolute Gasteiger partial charge is 0.327 e. The van der Waals surface area contributed by atoms with Gasteiger partial charge in [0, 0.05) is 55.8 Å². The van der Waals surface area contributed by atoms with Crippen LogP contribution in [0.15, 0.2) is 160 Å². The first-order valence-corrected chi connectivity index (χ1v) is 37.0. The number of aromatic hydroxyl groups is 1. The van der Waals surface area contributed by atoms with Gasteiger partial charge in [-0.2, -0.15) is 11.8 Å². The Kier molecular flexibility index (Phi) is 35.5. The van der Waals surface area contributed by atoms with Crippen molar-refractivity contribution in [2.45, 2.75) is 150 Å². The molecule has 3 aromatic rings. The molecule has 1 saturated heterocycles. The normalized spacial score (nSPS) is 17.0. The second kappa shape index (κ2) is 43.4. The van der Waals surface area contributed by atoms with E-state index < -0.39 is 161 Å². The van der Waals surface area contributed by atoms with E-state index in [1.807, 2.05) is 11.0 Å². The van der Waals surface area contributed by atoms with Gasteiger partial charge >= 0.3 is 11.9 Å². The largest absolute Gasteiger partial charge is 0.508 e. The zero-order chi connectivity index (χ0) is 78.2. The van der Waals surface area contributed by atoms with Crippen LogP contribution in [-0.2, 0) is 76.8 Å². The van der Waals surface area contributed by atoms with Crippen molar-refractivity contribution in [3.8, 4) is 5.75 Å². The second-order valence-corrected chi connectivity index (χ2v) is 29.4. The fourth-order valence-corrected chi connectivity index (χ4v) is 13.9. The number of allylic oxidation sites excluding steroid dienone is 1. The number of carboxylic acids is 2. The number of aliphatic carboxylic acids is 2. The van der Waals surface area contributed by atoms with Crippen LogP contribution in [0, 0.1) is 11.8 Å². The van der Waals surface area contributed by atoms with Gasteiger partial charge in [0.15, 0.2) is 0 Å². The molecule has 2 unspecified atom stereocenters. The Balaban J connectivity index is 1.20. The molecule has 14 N–H and O–H groups in total. The number of phenols is 1. The van der Waals surface area contributed by atoms with Crippen molar-refractivity contribution in [2.75, 3.05) is 50.8 Å². The lowest BCUT2D eigenvalue weighted by Crippen LogP contribution is -2.58. The third-order valence-electron chi connectivity index (χ3n) is 17.1. The number of phenolic OH excluding ortho intramolecular Hbond substituents is 1. The van der Waals surface area contributed by atoms with Gasteiger partial charge in [0.05, 0.1) is 29.9 Å². The number of carbonyl (C=O) groups is 12. The van der Waals surface area contributed by atoms with Crippen molar-refractivity contribution in [2.24, 2.45) is 11.8 Å². The van der Waals surface area contributed by atoms with Crippen molar-refractivity contribution >= 4 is 94.5 Å². The van der Waals surface area contributed by atoms with Gasteiger partial charge in [0.1, 0.15) is 59.8 Å². The molecule has 0 saturated carbocycles. The molecule has 0 radical (unpaired) electrons. The van der Waals surface area contributed by atoms with Gasteiger partial charge < -0.3 is 73.6 Å². The van der Waals surface area contributed by atoms with Crippen LogP contribution < -0.4 is 53.2 Å². The number of benzene rings is 3. The summed E-state index contributed by atoms with van der Waals surface area (Å²) in [5, 5.41) is 66.5. The first-order valence-electron chi connectivity index (χ1n) is 34.9. The molecular formula is C76H102N12O16S2. The maximum atomic E-state index is 14.3. The Morgan fingerprint density at radius 2 is 0.849 bits per heavy atom. The average Bonchev–Trinajstić information content (AvgIpc) is 1.58. The molecule has 0 bridgehead atoms. The molecule has 10 amide bonds. The summed E-state index contributed by atoms with van der Waals surface area (Å²) in [6.07, 6.45) is 12.1. The summed E-state index contributed by atoms with van der Waals surface area (Å²) >= 11 is 2.35. The molecule has 28 nitrogen and oxygen atoms in total. The summed E-state index contributed by atoms with van der Waals surface area (Å²) in [7, 11) is 0. The van der Waals surface area contributed by atoms with Crippen molar-refractivity contribution in [1.29, 1.82) is 0 Å². The Morgan fingerprint density at radius 3 is 1.24 bits per heavy atom. The highest BCUT2D eigenvalue weighted by molar-refractivity contribution is 8.09. The molecule has 0 spiro atoms. The zero-order valence-corrected chi connectivity index (χ0v) is 62.4. The fraction of sp³-hybridized carbons (Fsp3) is 0.447. The Morgan fingerprint density at radius 1 is 0.472 bits per heavy atom. The number of nitrogens with one attached hydrogen (secondary N) is 10. The van der Waals surface area contributed by atoms with E-state index in [0.29, 0.717) is 43.7 Å². The van der Waals surface area contributed by atoms with E-state index in [9.17, 15) is 78.0 Å². The topological polar surface area (TPSA) is 413 Å². The van der Waals surface area contributed by atoms with Gasteiger partial charge in [-0.1, -0.05) is 131 Å². The lowest BCUT2D eigenvalue weighted by Gasteiger charge is -2.32. The first kappa shape index (κ1) is 86.6. The van der Waals surface area contributed by atoms with Crippen molar-refractivity contribution in [3.63, 3.8) is 0 Å². The average molecular weight is 1500 g/mol. The summed E-state index contributed by atoms with van der Waals surface area (Å²) in [6, 6.07) is 10.8. The van der Waals surface area contributed by atoms with Crippen molar-refractivity contribution in [1.82, 2.24) is 63.0 Å². The summed E-state index contributed by atoms with van der Waals surface area (Å²) in [4.78, 5) is 168. The highest BCUT2D eigenvalue weighted by atomic mass is 32.2. The Hall–Kier alpha value is -10.0. The van der Waals surface area contributed by atoms with Crippen LogP contribution in [0.2, 0.25) is 0 Å². The van der Waals surface area contributed by atoms with E-state index in [0.717, 1.165) is 17.3 Å². The predicted octanol–water partition coefficient (Wildman–Crippen LogP) is 2.91. The van der Waals surface area contributed by atoms with Gasteiger partial charge in [0.2, 0.25) is 59.1 Å². The molecule has 5 rings (SSSR count). The molecular weight excluding hydrogens is 1400 g/mol. The highest BCUT2D eigenvalue weighted by Gasteiger charge is 2.56. The standard InChI is InChI=1S/C76H102N12O16S2/c1-11-31-87(32-12-2)61(39-52-25-27-53(89)28-26-52)72(99)79-48(9)66(93)77-42-64(91)81-57(37-50-21-17-15-18-22-50)70(97)83-55(35-46(5)6)68(95)85-59(74(101)102)44-105-45-60(75(103)104)86-69(96)56(36-47(7)8)84-71(98)58(38-51-23-19-16-20-24-51)82-65(92)43-78-67(94)49(10)80-73(100)62(88(33-13-3)34-14-4)41-76-30-29-54(90)40-63(76)106-76/h11-30,40,46-49,55-63,89-90H,1-4,31-39,41-45H2,5-10H3,(H,77,93)(H,78,94)(H,79,99)(H,80,100)(H,81,91)(H,82,92)(H,83,97)(H,84,98)(H,85,95)(H,86,96)(H,101,102)(H,103,104)/t48-,49-,55+,56+,57+,58+,59+,60-,61+,62+,63?,76?/m1/s1. The van der Waals surface area contributed by atoms with E-state index >= 15 is 0 Å². The van der Waals surface area contributed by atoms with Gasteiger partial charge in [-0.25, -0.2) is 9.59 Å². The van der Waals surface area contributed by atoms with Gasteiger partial charge in [-0.05, 0) is 92.3 Å². The first-order chi connectivity index (χ1) is 50.4. The molecule has 2 aliphatic rings. The number of hydrogen-bond donors (Lipinski definition) is 14. The lowest BCUT2D eigenvalue weighted by atomic mass is 9.91. The summed E-state index contributed by atoms with van der Waals surface area (Å²) in [5.74, 6) is -11.8. The van der Waals surface area contributed by atoms with E-state index in [2.05, 4.69) is 79.5 Å². The number of amides is 10. The van der Waals surface area contributed by atoms with Crippen molar-refractivity contribution in [3.05, 3.63) is 176 Å². The van der Waals surface area contributed by atoms with Crippen molar-refractivity contribution < 1.29 is 78.0 Å². The molecule has 1 fully saturated rings. The van der Waals surface area contributed by atoms with Crippen LogP contribution in [0.25, 0.3) is 0 Å². The van der Waals surface area contributed by atoms with Gasteiger partial charge in [0.25, 0.3) is 0 Å². The molecule has 0 aromatic heterocycles. The van der Waals surface area contributed by atoms with Crippen LogP contribution in [-0.4, -0.2) is 222 Å². The zero-order valence-electron chi connectivity index (χ0n) is 60.8. The predicted molar refractivity (Wildman–Crippen MR) is 407 cm³/mol. The molecule has 1 heterocycles. The van der Waals surface area contributed by atoms with Crippen LogP contribution in [0.1, 0.15) is 77.5 Å². The summed E-state index contributed by atoms with van der Waals surface area (Å²) in [6.45, 7) is 25.1. The number of nitrogens with zero attached hydrogens (tertiary/aromatic N) is 2. The number of fused-ring (bicyclic) bond motifs is 1. The molecule has 574 valence electrons. The Bertz CT molecular complexity index is 3620. The second-order valence-electron chi connectivity index (χ2n) is 26.8. The minimum Gasteiger partial charge on any atom is -0.508 e. The van der Waals surface area contributed by atoms with E-state index in [-0.39, 0.29) is 60.7 Å². The van der Waals surface area contributed by atoms with Crippen LogP contribution >= 0.6 is 23.5 Å². The quantitative estimate of drug-likeness (QED) is 0.0285. The lowest BCUT2D eigenvalue weighted by molar-refractivity contribution is -0.142. The van der Waals surface area contributed by atoms with E-state index in [4.69, 9.17) is 0 Å². The monoisotopic (exact) mass is 1500 g/mol. The van der Waals surface area contributed by atoms with Gasteiger partial charge in [-0.3, -0.25) is 57.7 Å². The molecule has 1 aliphatic carbocycles. The minimum atomic E-state index is -1.68. The number of carbonyl (C=O) groups excluding carboxylic acids is 10. The third kappa shape index (κ3) is 28.8. The van der Waals surface area contributed by atoms with Crippen LogP contribution in [0.5, 0.6) is 5.75 Å². The van der Waals surface area contributed by atoms with E-state index in [1.165, 1.54) is 26.0 Å². The minimum absolute atomic E-state index is 0.0134. The maximum Gasteiger partial charge on any atom is 0.327 e. The third-order valence-corrected chi connectivity index (χ3v) is 19.8. The molecule has 1 aliphatic heterocycles. The number of carboxylic acid groups (broad SMARTS) is 2. The van der Waals surface area contributed by atoms with Gasteiger partial charge in [-0.15, -0.1) is 38.1 Å². The molecule has 12 atom stereocenters. The number of aliphatic hydroxyl groups is 1.